The highest BCUT2D eigenvalue weighted by atomic mass is 15.5. The van der Waals surface area contributed by atoms with Crippen molar-refractivity contribution < 1.29 is 0 Å². The van der Waals surface area contributed by atoms with Gasteiger partial charge in [0.15, 0.2) is 0 Å². The second-order valence-corrected chi connectivity index (χ2v) is 2.82. The summed E-state index contributed by atoms with van der Waals surface area (Å²) in [5, 5.41) is 5.53. The normalized spacial score (nSPS) is 21.9. The van der Waals surface area contributed by atoms with Crippen molar-refractivity contribution in [3.05, 3.63) is 0 Å². The number of hydrogen-bond donors (Lipinski definition) is 2. The van der Waals surface area contributed by atoms with Crippen LogP contribution in [0.3, 0.4) is 0 Å². The Kier molecular flexibility index (Phi) is 3.12. The van der Waals surface area contributed by atoms with E-state index in [4.69, 9.17) is 0 Å². The van der Waals surface area contributed by atoms with Crippen LogP contribution in [0.25, 0.3) is 0 Å². The average Bonchev–Trinajstić information content (AvgIpc) is 2.05. The fourth-order valence-electron chi connectivity index (χ4n) is 1.38. The minimum atomic E-state index is 0.728. The summed E-state index contributed by atoms with van der Waals surface area (Å²) in [5.41, 5.74) is 3.14. The van der Waals surface area contributed by atoms with Gasteiger partial charge in [0.2, 0.25) is 0 Å². The highest BCUT2D eigenvalue weighted by Crippen LogP contribution is 2.06. The fraction of sp³-hybridized carbons (Fsp3) is 1.00. The van der Waals surface area contributed by atoms with Gasteiger partial charge < -0.3 is 5.32 Å². The molecule has 3 nitrogen and oxygen atoms in total. The zero-order valence-corrected chi connectivity index (χ0v) is 6.85. The van der Waals surface area contributed by atoms with Gasteiger partial charge in [0, 0.05) is 13.1 Å². The van der Waals surface area contributed by atoms with Crippen molar-refractivity contribution in [2.75, 3.05) is 27.2 Å². The van der Waals surface area contributed by atoms with E-state index in [-0.39, 0.29) is 0 Å². The lowest BCUT2D eigenvalue weighted by molar-refractivity contribution is 0.149. The average molecular weight is 143 g/mol. The van der Waals surface area contributed by atoms with Gasteiger partial charge in [-0.1, -0.05) is 0 Å². The summed E-state index contributed by atoms with van der Waals surface area (Å²) in [4.78, 5) is 0. The van der Waals surface area contributed by atoms with E-state index in [0.717, 1.165) is 19.1 Å². The predicted octanol–water partition coefficient (Wildman–Crippen LogP) is -0.195. The van der Waals surface area contributed by atoms with Crippen LogP contribution in [0.4, 0.5) is 0 Å². The molecule has 0 saturated carbocycles. The number of piperidine rings is 1. The lowest BCUT2D eigenvalue weighted by atomic mass is 10.1. The molecule has 0 atom stereocenters. The quantitative estimate of drug-likeness (QED) is 0.524. The minimum Gasteiger partial charge on any atom is -0.317 e. The van der Waals surface area contributed by atoms with Gasteiger partial charge in [-0.25, -0.2) is 5.01 Å². The summed E-state index contributed by atoms with van der Waals surface area (Å²) in [7, 11) is 4.08. The second kappa shape index (κ2) is 3.91. The molecule has 1 heterocycles. The number of hydrogen-bond acceptors (Lipinski definition) is 3. The molecule has 0 aliphatic carbocycles. The monoisotopic (exact) mass is 143 g/mol. The van der Waals surface area contributed by atoms with Crippen molar-refractivity contribution in [2.24, 2.45) is 0 Å². The summed E-state index contributed by atoms with van der Waals surface area (Å²) in [5.74, 6) is 0. The van der Waals surface area contributed by atoms with Gasteiger partial charge in [-0.3, -0.25) is 5.43 Å². The van der Waals surface area contributed by atoms with Crippen LogP contribution >= 0.6 is 0 Å². The van der Waals surface area contributed by atoms with E-state index in [1.807, 2.05) is 7.05 Å². The molecule has 1 saturated heterocycles. The van der Waals surface area contributed by atoms with Crippen LogP contribution in [0.15, 0.2) is 0 Å². The predicted molar refractivity (Wildman–Crippen MR) is 42.7 cm³/mol. The largest absolute Gasteiger partial charge is 0.317 e. The third kappa shape index (κ3) is 1.94. The molecule has 1 fully saturated rings. The standard InChI is InChI=1S/C7H17N3/c1-8-10(2)7-3-5-9-6-4-7/h7-9H,3-6H2,1-2H3. The van der Waals surface area contributed by atoms with Crippen LogP contribution in [-0.4, -0.2) is 38.2 Å². The molecule has 0 amide bonds. The first kappa shape index (κ1) is 7.98. The Morgan fingerprint density at radius 1 is 1.40 bits per heavy atom. The molecule has 0 radical (unpaired) electrons. The summed E-state index contributed by atoms with van der Waals surface area (Å²) in [6.45, 7) is 2.33. The molecule has 0 spiro atoms. The van der Waals surface area contributed by atoms with Gasteiger partial charge in [0.1, 0.15) is 0 Å². The lowest BCUT2D eigenvalue weighted by Gasteiger charge is -2.30. The molecule has 3 heteroatoms. The molecule has 0 unspecified atom stereocenters. The number of nitrogens with zero attached hydrogens (tertiary/aromatic N) is 1. The summed E-state index contributed by atoms with van der Waals surface area (Å²) in [6, 6.07) is 0.728. The van der Waals surface area contributed by atoms with E-state index in [0.29, 0.717) is 0 Å². The van der Waals surface area contributed by atoms with Crippen molar-refractivity contribution in [3.8, 4) is 0 Å². The molecule has 1 aliphatic rings. The molecule has 1 rings (SSSR count). The smallest absolute Gasteiger partial charge is 0.0264 e. The Hall–Kier alpha value is -0.120. The van der Waals surface area contributed by atoms with Crippen LogP contribution < -0.4 is 10.7 Å². The fourth-order valence-corrected chi connectivity index (χ4v) is 1.38. The molecule has 0 aromatic carbocycles. The van der Waals surface area contributed by atoms with E-state index < -0.39 is 0 Å². The lowest BCUT2D eigenvalue weighted by Crippen LogP contribution is -2.46. The molecular formula is C7H17N3. The maximum Gasteiger partial charge on any atom is 0.0264 e. The van der Waals surface area contributed by atoms with Crippen molar-refractivity contribution in [3.63, 3.8) is 0 Å². The highest BCUT2D eigenvalue weighted by molar-refractivity contribution is 4.73. The van der Waals surface area contributed by atoms with Crippen molar-refractivity contribution in [2.45, 2.75) is 18.9 Å². The van der Waals surface area contributed by atoms with E-state index in [1.54, 1.807) is 0 Å². The number of hydrazine groups is 1. The first-order chi connectivity index (χ1) is 4.84. The maximum atomic E-state index is 3.34. The van der Waals surface area contributed by atoms with Crippen LogP contribution in [0.5, 0.6) is 0 Å². The van der Waals surface area contributed by atoms with Crippen molar-refractivity contribution >= 4 is 0 Å². The van der Waals surface area contributed by atoms with Crippen molar-refractivity contribution in [1.82, 2.24) is 15.8 Å². The van der Waals surface area contributed by atoms with Crippen LogP contribution in [-0.2, 0) is 0 Å². The van der Waals surface area contributed by atoms with E-state index in [2.05, 4.69) is 22.8 Å². The molecule has 0 aromatic heterocycles. The number of rotatable bonds is 2. The Balaban J connectivity index is 2.24. The van der Waals surface area contributed by atoms with Crippen LogP contribution in [0, 0.1) is 0 Å². The van der Waals surface area contributed by atoms with Crippen LogP contribution in [0.1, 0.15) is 12.8 Å². The molecule has 60 valence electrons. The second-order valence-electron chi connectivity index (χ2n) is 2.82. The van der Waals surface area contributed by atoms with Crippen molar-refractivity contribution in [1.29, 1.82) is 0 Å². The van der Waals surface area contributed by atoms with E-state index >= 15 is 0 Å². The summed E-state index contributed by atoms with van der Waals surface area (Å²) < 4.78 is 0. The number of nitrogens with one attached hydrogen (secondary N) is 2. The third-order valence-electron chi connectivity index (χ3n) is 2.21. The summed E-state index contributed by atoms with van der Waals surface area (Å²) in [6.07, 6.45) is 2.52. The first-order valence-electron chi connectivity index (χ1n) is 3.95. The molecular weight excluding hydrogens is 126 g/mol. The van der Waals surface area contributed by atoms with Gasteiger partial charge in [-0.05, 0) is 33.0 Å². The van der Waals surface area contributed by atoms with Gasteiger partial charge in [0.05, 0.1) is 0 Å². The molecule has 1 aliphatic heterocycles. The molecule has 0 aromatic rings. The Morgan fingerprint density at radius 3 is 2.50 bits per heavy atom. The SMILES string of the molecule is CNN(C)C1CCNCC1. The zero-order chi connectivity index (χ0) is 7.40. The molecule has 0 bridgehead atoms. The van der Waals surface area contributed by atoms with Gasteiger partial charge >= 0.3 is 0 Å². The van der Waals surface area contributed by atoms with Crippen LogP contribution in [0.2, 0.25) is 0 Å². The highest BCUT2D eigenvalue weighted by Gasteiger charge is 2.15. The van der Waals surface area contributed by atoms with Gasteiger partial charge in [0.25, 0.3) is 0 Å². The summed E-state index contributed by atoms with van der Waals surface area (Å²) >= 11 is 0. The zero-order valence-electron chi connectivity index (χ0n) is 6.85. The third-order valence-corrected chi connectivity index (χ3v) is 2.21. The minimum absolute atomic E-state index is 0.728. The first-order valence-corrected chi connectivity index (χ1v) is 3.95. The van der Waals surface area contributed by atoms with E-state index in [9.17, 15) is 0 Å². The van der Waals surface area contributed by atoms with E-state index in [1.165, 1.54) is 12.8 Å². The van der Waals surface area contributed by atoms with Gasteiger partial charge in [-0.15, -0.1) is 0 Å². The van der Waals surface area contributed by atoms with Gasteiger partial charge in [-0.2, -0.15) is 0 Å². The molecule has 2 N–H and O–H groups in total. The Labute approximate surface area is 62.8 Å². The topological polar surface area (TPSA) is 27.3 Å². The molecule has 10 heavy (non-hydrogen) atoms. The Bertz CT molecular complexity index is 88.9. The maximum absolute atomic E-state index is 3.34. The Morgan fingerprint density at radius 2 is 2.00 bits per heavy atom.